The summed E-state index contributed by atoms with van der Waals surface area (Å²) in [5.41, 5.74) is 4.44. The summed E-state index contributed by atoms with van der Waals surface area (Å²) in [4.78, 5) is 17.4. The number of hydrogen-bond acceptors (Lipinski definition) is 3. The predicted octanol–water partition coefficient (Wildman–Crippen LogP) is 4.81. The van der Waals surface area contributed by atoms with E-state index in [0.717, 1.165) is 31.6 Å². The molecule has 0 saturated carbocycles. The van der Waals surface area contributed by atoms with Gasteiger partial charge in [0.25, 0.3) is 0 Å². The van der Waals surface area contributed by atoms with E-state index in [1.807, 2.05) is 41.3 Å². The average Bonchev–Trinajstić information content (AvgIpc) is 2.84. The van der Waals surface area contributed by atoms with E-state index in [0.29, 0.717) is 6.54 Å². The smallest absolute Gasteiger partial charge is 0.321 e. The van der Waals surface area contributed by atoms with Crippen LogP contribution in [-0.2, 0) is 0 Å². The molecular weight excluding hydrogens is 410 g/mol. The van der Waals surface area contributed by atoms with E-state index >= 15 is 0 Å². The summed E-state index contributed by atoms with van der Waals surface area (Å²) in [6.07, 6.45) is 2.00. The van der Waals surface area contributed by atoms with E-state index in [1.165, 1.54) is 16.7 Å². The molecular formula is C28H31N3O2. The van der Waals surface area contributed by atoms with Gasteiger partial charge in [0.15, 0.2) is 0 Å². The second-order valence-electron chi connectivity index (χ2n) is 9.02. The zero-order chi connectivity index (χ0) is 22.6. The van der Waals surface area contributed by atoms with Gasteiger partial charge in [-0.3, -0.25) is 4.90 Å². The number of hydrogen-bond donors (Lipinski definition) is 2. The second kappa shape index (κ2) is 9.77. The minimum absolute atomic E-state index is 0.0475. The highest BCUT2D eigenvalue weighted by Gasteiger charge is 2.49. The van der Waals surface area contributed by atoms with Crippen molar-refractivity contribution in [3.8, 4) is 11.1 Å². The van der Waals surface area contributed by atoms with E-state index in [9.17, 15) is 9.90 Å². The van der Waals surface area contributed by atoms with Gasteiger partial charge in [0.1, 0.15) is 0 Å². The Labute approximate surface area is 195 Å². The second-order valence-corrected chi connectivity index (χ2v) is 9.02. The topological polar surface area (TPSA) is 55.8 Å². The summed E-state index contributed by atoms with van der Waals surface area (Å²) in [5, 5.41) is 13.2. The summed E-state index contributed by atoms with van der Waals surface area (Å²) < 4.78 is 0. The van der Waals surface area contributed by atoms with Crippen LogP contribution in [0, 0.1) is 0 Å². The van der Waals surface area contributed by atoms with E-state index in [-0.39, 0.29) is 30.6 Å². The molecule has 0 spiro atoms. The maximum Gasteiger partial charge on any atom is 0.321 e. The van der Waals surface area contributed by atoms with Crippen LogP contribution in [0.15, 0.2) is 84.9 Å². The van der Waals surface area contributed by atoms with Crippen LogP contribution in [0.1, 0.15) is 24.3 Å². The fourth-order valence-electron chi connectivity index (χ4n) is 5.38. The first-order valence-corrected chi connectivity index (χ1v) is 11.9. The van der Waals surface area contributed by atoms with Gasteiger partial charge in [0.2, 0.25) is 0 Å². The number of para-hydroxylation sites is 1. The predicted molar refractivity (Wildman–Crippen MR) is 132 cm³/mol. The molecule has 2 saturated heterocycles. The standard InChI is InChI=1S/C28H31N3O2/c32-20-26-27(23-15-13-22(14-16-23)21-9-3-1-4-10-21)25-19-30(17-7-8-18-31(25)26)28(33)29-24-11-5-2-6-12-24/h1-6,9-16,25-27,32H,7-8,17-20H2,(H,29,33)/t25-,26-,27-/m1/s1. The number of carbonyl (C=O) groups excluding carboxylic acids is 1. The Morgan fingerprint density at radius 2 is 1.48 bits per heavy atom. The quantitative estimate of drug-likeness (QED) is 0.611. The molecule has 0 aromatic heterocycles. The van der Waals surface area contributed by atoms with Crippen molar-refractivity contribution in [1.29, 1.82) is 0 Å². The fraction of sp³-hybridized carbons (Fsp3) is 0.321. The fourth-order valence-corrected chi connectivity index (χ4v) is 5.38. The molecule has 3 aromatic carbocycles. The Balaban J connectivity index is 1.35. The number of amides is 2. The highest BCUT2D eigenvalue weighted by atomic mass is 16.3. The number of rotatable bonds is 4. The normalized spacial score (nSPS) is 23.1. The maximum absolute atomic E-state index is 13.1. The van der Waals surface area contributed by atoms with Crippen molar-refractivity contribution in [2.75, 3.05) is 31.6 Å². The lowest BCUT2D eigenvalue weighted by molar-refractivity contribution is -0.0585. The van der Waals surface area contributed by atoms with E-state index < -0.39 is 0 Å². The Kier molecular flexibility index (Phi) is 6.42. The highest BCUT2D eigenvalue weighted by molar-refractivity contribution is 5.89. The number of carbonyl (C=O) groups is 1. The number of fused-ring (bicyclic) bond motifs is 1. The number of urea groups is 1. The molecule has 0 aliphatic carbocycles. The van der Waals surface area contributed by atoms with Gasteiger partial charge < -0.3 is 15.3 Å². The first kappa shape index (κ1) is 21.7. The molecule has 5 rings (SSSR count). The van der Waals surface area contributed by atoms with E-state index in [2.05, 4.69) is 58.7 Å². The van der Waals surface area contributed by atoms with Crippen LogP contribution in [0.4, 0.5) is 10.5 Å². The van der Waals surface area contributed by atoms with Gasteiger partial charge in [-0.1, -0.05) is 72.8 Å². The Bertz CT molecular complexity index is 1060. The molecule has 2 fully saturated rings. The van der Waals surface area contributed by atoms with Crippen LogP contribution < -0.4 is 5.32 Å². The number of nitrogens with zero attached hydrogens (tertiary/aromatic N) is 2. The van der Waals surface area contributed by atoms with Crippen LogP contribution in [0.3, 0.4) is 0 Å². The largest absolute Gasteiger partial charge is 0.395 e. The van der Waals surface area contributed by atoms with Crippen molar-refractivity contribution in [2.45, 2.75) is 30.8 Å². The van der Waals surface area contributed by atoms with Gasteiger partial charge in [0, 0.05) is 36.8 Å². The van der Waals surface area contributed by atoms with Crippen LogP contribution in [0.5, 0.6) is 0 Å². The van der Waals surface area contributed by atoms with Gasteiger partial charge in [-0.2, -0.15) is 0 Å². The SMILES string of the molecule is O=C(Nc1ccccc1)N1CCCCN2[C@H](CO)[C@H](c3ccc(-c4ccccc4)cc3)[C@H]2C1. The summed E-state index contributed by atoms with van der Waals surface area (Å²) in [6, 6.07) is 29.0. The molecule has 2 aliphatic heterocycles. The van der Waals surface area contributed by atoms with Crippen molar-refractivity contribution >= 4 is 11.7 Å². The number of aliphatic hydroxyl groups excluding tert-OH is 1. The third-order valence-corrected chi connectivity index (χ3v) is 7.08. The third kappa shape index (κ3) is 4.52. The molecule has 2 aliphatic rings. The van der Waals surface area contributed by atoms with Gasteiger partial charge in [-0.25, -0.2) is 4.79 Å². The van der Waals surface area contributed by atoms with Gasteiger partial charge in [0.05, 0.1) is 6.61 Å². The first-order chi connectivity index (χ1) is 16.2. The van der Waals surface area contributed by atoms with Crippen molar-refractivity contribution in [3.05, 3.63) is 90.5 Å². The molecule has 33 heavy (non-hydrogen) atoms. The van der Waals surface area contributed by atoms with Gasteiger partial charge in [-0.15, -0.1) is 0 Å². The van der Waals surface area contributed by atoms with Crippen LogP contribution in [-0.4, -0.2) is 59.3 Å². The number of nitrogens with one attached hydrogen (secondary N) is 1. The van der Waals surface area contributed by atoms with Crippen molar-refractivity contribution in [3.63, 3.8) is 0 Å². The molecule has 0 bridgehead atoms. The molecule has 170 valence electrons. The average molecular weight is 442 g/mol. The molecule has 3 atom stereocenters. The number of anilines is 1. The van der Waals surface area contributed by atoms with Gasteiger partial charge >= 0.3 is 6.03 Å². The lowest BCUT2D eigenvalue weighted by Crippen LogP contribution is -2.68. The highest BCUT2D eigenvalue weighted by Crippen LogP contribution is 2.42. The third-order valence-electron chi connectivity index (χ3n) is 7.08. The van der Waals surface area contributed by atoms with Crippen LogP contribution in [0.25, 0.3) is 11.1 Å². The summed E-state index contributed by atoms with van der Waals surface area (Å²) in [6.45, 7) is 2.53. The lowest BCUT2D eigenvalue weighted by Gasteiger charge is -2.57. The van der Waals surface area contributed by atoms with E-state index in [4.69, 9.17) is 0 Å². The zero-order valence-electron chi connectivity index (χ0n) is 18.8. The number of aliphatic hydroxyl groups is 1. The van der Waals surface area contributed by atoms with Gasteiger partial charge in [-0.05, 0) is 48.2 Å². The Hall–Kier alpha value is -3.15. The van der Waals surface area contributed by atoms with Crippen LogP contribution in [0.2, 0.25) is 0 Å². The van der Waals surface area contributed by atoms with Crippen LogP contribution >= 0.6 is 0 Å². The van der Waals surface area contributed by atoms with Crippen molar-refractivity contribution in [2.24, 2.45) is 0 Å². The Morgan fingerprint density at radius 1 is 0.848 bits per heavy atom. The lowest BCUT2D eigenvalue weighted by atomic mass is 9.74. The van der Waals surface area contributed by atoms with E-state index in [1.54, 1.807) is 0 Å². The summed E-state index contributed by atoms with van der Waals surface area (Å²) >= 11 is 0. The minimum atomic E-state index is -0.0475. The minimum Gasteiger partial charge on any atom is -0.395 e. The maximum atomic E-state index is 13.1. The molecule has 2 N–H and O–H groups in total. The molecule has 0 unspecified atom stereocenters. The Morgan fingerprint density at radius 3 is 2.18 bits per heavy atom. The zero-order valence-corrected chi connectivity index (χ0v) is 18.8. The van der Waals surface area contributed by atoms with Crippen molar-refractivity contribution < 1.29 is 9.90 Å². The molecule has 5 heteroatoms. The molecule has 2 heterocycles. The first-order valence-electron chi connectivity index (χ1n) is 11.9. The monoisotopic (exact) mass is 441 g/mol. The summed E-state index contributed by atoms with van der Waals surface area (Å²) in [7, 11) is 0. The van der Waals surface area contributed by atoms with Crippen molar-refractivity contribution in [1.82, 2.24) is 9.80 Å². The molecule has 3 aromatic rings. The molecule has 2 amide bonds. The number of benzene rings is 3. The summed E-state index contributed by atoms with van der Waals surface area (Å²) in [5.74, 6) is 0.213. The molecule has 5 nitrogen and oxygen atoms in total. The molecule has 0 radical (unpaired) electrons.